The summed E-state index contributed by atoms with van der Waals surface area (Å²) < 4.78 is 0. The standard InChI is InChI=1S/C11H12N2/c1-2-3-8-11-12-9-6-4-5-7-10(9)13-11/h2-7H,8H2,1H3,(H,12,13)/b3-2+. The molecule has 0 amide bonds. The Morgan fingerprint density at radius 2 is 2.23 bits per heavy atom. The molecule has 13 heavy (non-hydrogen) atoms. The van der Waals surface area contributed by atoms with E-state index in [0.717, 1.165) is 23.3 Å². The van der Waals surface area contributed by atoms with Crippen molar-refractivity contribution < 1.29 is 0 Å². The van der Waals surface area contributed by atoms with Crippen LogP contribution in [0.4, 0.5) is 0 Å². The number of benzene rings is 1. The van der Waals surface area contributed by atoms with Gasteiger partial charge in [-0.2, -0.15) is 0 Å². The van der Waals surface area contributed by atoms with E-state index < -0.39 is 0 Å². The number of fused-ring (bicyclic) bond motifs is 1. The van der Waals surface area contributed by atoms with Gasteiger partial charge in [0, 0.05) is 6.42 Å². The summed E-state index contributed by atoms with van der Waals surface area (Å²) in [6.07, 6.45) is 5.01. The predicted molar refractivity (Wildman–Crippen MR) is 54.6 cm³/mol. The van der Waals surface area contributed by atoms with Crippen LogP contribution in [0.5, 0.6) is 0 Å². The molecule has 0 atom stereocenters. The fraction of sp³-hybridized carbons (Fsp3) is 0.182. The molecule has 0 unspecified atom stereocenters. The highest BCUT2D eigenvalue weighted by atomic mass is 14.9. The molecule has 2 nitrogen and oxygen atoms in total. The first kappa shape index (κ1) is 8.05. The molecular formula is C11H12N2. The Morgan fingerprint density at radius 3 is 3.00 bits per heavy atom. The summed E-state index contributed by atoms with van der Waals surface area (Å²) in [4.78, 5) is 7.71. The van der Waals surface area contributed by atoms with Gasteiger partial charge in [-0.25, -0.2) is 4.98 Å². The number of nitrogens with one attached hydrogen (secondary N) is 1. The first-order chi connectivity index (χ1) is 6.40. The average Bonchev–Trinajstić information content (AvgIpc) is 2.57. The maximum absolute atomic E-state index is 4.44. The van der Waals surface area contributed by atoms with Crippen LogP contribution in [-0.4, -0.2) is 9.97 Å². The van der Waals surface area contributed by atoms with Gasteiger partial charge in [0.15, 0.2) is 0 Å². The molecular weight excluding hydrogens is 160 g/mol. The van der Waals surface area contributed by atoms with Gasteiger partial charge in [0.1, 0.15) is 5.82 Å². The van der Waals surface area contributed by atoms with Gasteiger partial charge in [-0.3, -0.25) is 0 Å². The Kier molecular flexibility index (Phi) is 2.13. The van der Waals surface area contributed by atoms with Gasteiger partial charge in [0.05, 0.1) is 11.0 Å². The van der Waals surface area contributed by atoms with E-state index >= 15 is 0 Å². The van der Waals surface area contributed by atoms with Gasteiger partial charge in [-0.1, -0.05) is 24.3 Å². The summed E-state index contributed by atoms with van der Waals surface area (Å²) in [5, 5.41) is 0. The highest BCUT2D eigenvalue weighted by molar-refractivity contribution is 5.74. The van der Waals surface area contributed by atoms with Crippen LogP contribution in [0.3, 0.4) is 0 Å². The van der Waals surface area contributed by atoms with Gasteiger partial charge in [-0.15, -0.1) is 0 Å². The molecule has 0 aliphatic carbocycles. The summed E-state index contributed by atoms with van der Waals surface area (Å²) in [7, 11) is 0. The molecule has 1 heterocycles. The monoisotopic (exact) mass is 172 g/mol. The maximum atomic E-state index is 4.44. The van der Waals surface area contributed by atoms with Crippen LogP contribution in [0.1, 0.15) is 12.7 Å². The lowest BCUT2D eigenvalue weighted by Crippen LogP contribution is -1.82. The van der Waals surface area contributed by atoms with Crippen molar-refractivity contribution >= 4 is 11.0 Å². The number of H-pyrrole nitrogens is 1. The molecule has 2 aromatic rings. The van der Waals surface area contributed by atoms with Gasteiger partial charge in [-0.05, 0) is 19.1 Å². The van der Waals surface area contributed by atoms with Crippen LogP contribution >= 0.6 is 0 Å². The molecule has 1 aromatic carbocycles. The molecule has 0 bridgehead atoms. The van der Waals surface area contributed by atoms with Crippen molar-refractivity contribution in [1.82, 2.24) is 9.97 Å². The Morgan fingerprint density at radius 1 is 1.38 bits per heavy atom. The second-order valence-electron chi connectivity index (χ2n) is 2.97. The van der Waals surface area contributed by atoms with Gasteiger partial charge in [0.2, 0.25) is 0 Å². The SMILES string of the molecule is C/C=C/Cc1nc2ccccc2[nH]1. The molecule has 66 valence electrons. The van der Waals surface area contributed by atoms with E-state index in [2.05, 4.69) is 16.0 Å². The molecule has 0 radical (unpaired) electrons. The smallest absolute Gasteiger partial charge is 0.111 e. The number of para-hydroxylation sites is 2. The van der Waals surface area contributed by atoms with Crippen molar-refractivity contribution in [3.63, 3.8) is 0 Å². The minimum atomic E-state index is 0.880. The third kappa shape index (κ3) is 1.61. The van der Waals surface area contributed by atoms with Gasteiger partial charge in [0.25, 0.3) is 0 Å². The number of rotatable bonds is 2. The van der Waals surface area contributed by atoms with E-state index in [9.17, 15) is 0 Å². The first-order valence-electron chi connectivity index (χ1n) is 4.45. The zero-order valence-corrected chi connectivity index (χ0v) is 7.62. The third-order valence-corrected chi connectivity index (χ3v) is 1.99. The van der Waals surface area contributed by atoms with Gasteiger partial charge < -0.3 is 4.98 Å². The largest absolute Gasteiger partial charge is 0.342 e. The van der Waals surface area contributed by atoms with Crippen molar-refractivity contribution in [2.75, 3.05) is 0 Å². The first-order valence-corrected chi connectivity index (χ1v) is 4.45. The molecule has 0 aliphatic heterocycles. The number of aromatic nitrogens is 2. The lowest BCUT2D eigenvalue weighted by atomic mass is 10.3. The fourth-order valence-corrected chi connectivity index (χ4v) is 1.33. The van der Waals surface area contributed by atoms with Crippen LogP contribution in [0.25, 0.3) is 11.0 Å². The number of imidazole rings is 1. The molecule has 0 aliphatic rings. The normalized spacial score (nSPS) is 11.5. The Labute approximate surface area is 77.3 Å². The Hall–Kier alpha value is -1.57. The fourth-order valence-electron chi connectivity index (χ4n) is 1.33. The molecule has 0 saturated heterocycles. The van der Waals surface area contributed by atoms with E-state index in [-0.39, 0.29) is 0 Å². The lowest BCUT2D eigenvalue weighted by molar-refractivity contribution is 1.07. The highest BCUT2D eigenvalue weighted by Crippen LogP contribution is 2.10. The number of hydrogen-bond donors (Lipinski definition) is 1. The van der Waals surface area contributed by atoms with Crippen LogP contribution < -0.4 is 0 Å². The summed E-state index contributed by atoms with van der Waals surface area (Å²) in [5.41, 5.74) is 2.16. The van der Waals surface area contributed by atoms with Crippen molar-refractivity contribution in [2.24, 2.45) is 0 Å². The number of hydrogen-bond acceptors (Lipinski definition) is 1. The number of aromatic amines is 1. The van der Waals surface area contributed by atoms with Crippen molar-refractivity contribution in [1.29, 1.82) is 0 Å². The number of nitrogens with zero attached hydrogens (tertiary/aromatic N) is 1. The molecule has 0 spiro atoms. The van der Waals surface area contributed by atoms with Crippen LogP contribution in [-0.2, 0) is 6.42 Å². The van der Waals surface area contributed by atoms with Crippen LogP contribution in [0, 0.1) is 0 Å². The second-order valence-corrected chi connectivity index (χ2v) is 2.97. The summed E-state index contributed by atoms with van der Waals surface area (Å²) in [5.74, 6) is 1.03. The second kappa shape index (κ2) is 3.44. The Bertz CT molecular complexity index is 393. The third-order valence-electron chi connectivity index (χ3n) is 1.99. The summed E-state index contributed by atoms with van der Waals surface area (Å²) in [6, 6.07) is 8.08. The van der Waals surface area contributed by atoms with Gasteiger partial charge >= 0.3 is 0 Å². The lowest BCUT2D eigenvalue weighted by Gasteiger charge is -1.84. The molecule has 0 saturated carbocycles. The van der Waals surface area contributed by atoms with E-state index in [1.807, 2.05) is 37.3 Å². The predicted octanol–water partition coefficient (Wildman–Crippen LogP) is 2.68. The average molecular weight is 172 g/mol. The molecule has 1 aromatic heterocycles. The molecule has 1 N–H and O–H groups in total. The van der Waals surface area contributed by atoms with Crippen molar-refractivity contribution in [2.45, 2.75) is 13.3 Å². The summed E-state index contributed by atoms with van der Waals surface area (Å²) >= 11 is 0. The minimum Gasteiger partial charge on any atom is -0.342 e. The Balaban J connectivity index is 2.38. The number of allylic oxidation sites excluding steroid dienone is 2. The van der Waals surface area contributed by atoms with E-state index in [0.29, 0.717) is 0 Å². The van der Waals surface area contributed by atoms with Crippen molar-refractivity contribution in [3.8, 4) is 0 Å². The topological polar surface area (TPSA) is 28.7 Å². The summed E-state index contributed by atoms with van der Waals surface area (Å²) in [6.45, 7) is 2.02. The van der Waals surface area contributed by atoms with Crippen LogP contribution in [0.2, 0.25) is 0 Å². The zero-order valence-electron chi connectivity index (χ0n) is 7.62. The molecule has 2 heteroatoms. The van der Waals surface area contributed by atoms with E-state index in [1.54, 1.807) is 0 Å². The van der Waals surface area contributed by atoms with E-state index in [4.69, 9.17) is 0 Å². The maximum Gasteiger partial charge on any atom is 0.111 e. The van der Waals surface area contributed by atoms with Crippen LogP contribution in [0.15, 0.2) is 36.4 Å². The minimum absolute atomic E-state index is 0.880. The molecule has 2 rings (SSSR count). The van der Waals surface area contributed by atoms with E-state index in [1.165, 1.54) is 0 Å². The highest BCUT2D eigenvalue weighted by Gasteiger charge is 1.98. The zero-order chi connectivity index (χ0) is 9.10. The molecule has 0 fully saturated rings. The van der Waals surface area contributed by atoms with Crippen molar-refractivity contribution in [3.05, 3.63) is 42.2 Å². The quantitative estimate of drug-likeness (QED) is 0.693.